The lowest BCUT2D eigenvalue weighted by Gasteiger charge is -2.23. The first kappa shape index (κ1) is 17.7. The molecule has 1 amide bonds. The number of carbonyl (C=O) groups excluding carboxylic acids is 1. The number of hydrogen-bond donors (Lipinski definition) is 0. The lowest BCUT2D eigenvalue weighted by molar-refractivity contribution is -0.132. The van der Waals surface area contributed by atoms with Crippen LogP contribution in [0.1, 0.15) is 36.7 Å². The normalized spacial score (nSPS) is 16.8. The molecule has 9 heteroatoms. The zero-order valence-corrected chi connectivity index (χ0v) is 15.5. The molecular formula is C18H19FN6OS. The van der Waals surface area contributed by atoms with Crippen molar-refractivity contribution in [3.8, 4) is 11.4 Å². The Balaban J connectivity index is 1.31. The standard InChI is InChI=1S/C18H19FN6OS/c19-14-7-5-13(6-8-14)17-21-23-25(22-17)11-2-4-16(26)24-10-1-3-15(24)18-20-9-12-27-18/h5-9,12,15H,1-4,10-11H2. The van der Waals surface area contributed by atoms with Crippen molar-refractivity contribution < 1.29 is 9.18 Å². The van der Waals surface area contributed by atoms with Gasteiger partial charge in [0.15, 0.2) is 0 Å². The SMILES string of the molecule is O=C(CCCn1nnc(-c2ccc(F)cc2)n1)N1CCCC1c1nccs1. The summed E-state index contributed by atoms with van der Waals surface area (Å²) in [6.07, 6.45) is 4.86. The number of benzene rings is 1. The molecule has 7 nitrogen and oxygen atoms in total. The Kier molecular flexibility index (Phi) is 5.19. The zero-order valence-electron chi connectivity index (χ0n) is 14.7. The van der Waals surface area contributed by atoms with E-state index < -0.39 is 0 Å². The number of halogens is 1. The van der Waals surface area contributed by atoms with Gasteiger partial charge in [0.1, 0.15) is 10.8 Å². The average Bonchev–Trinajstić information content (AvgIpc) is 3.42. The van der Waals surface area contributed by atoms with Crippen LogP contribution in [0.5, 0.6) is 0 Å². The fraction of sp³-hybridized carbons (Fsp3) is 0.389. The van der Waals surface area contributed by atoms with E-state index in [1.165, 1.54) is 16.9 Å². The molecule has 0 radical (unpaired) electrons. The van der Waals surface area contributed by atoms with E-state index in [-0.39, 0.29) is 17.8 Å². The van der Waals surface area contributed by atoms with Crippen molar-refractivity contribution in [2.24, 2.45) is 0 Å². The summed E-state index contributed by atoms with van der Waals surface area (Å²) < 4.78 is 13.0. The van der Waals surface area contributed by atoms with E-state index in [2.05, 4.69) is 20.4 Å². The van der Waals surface area contributed by atoms with E-state index >= 15 is 0 Å². The molecule has 140 valence electrons. The van der Waals surface area contributed by atoms with Crippen molar-refractivity contribution in [2.45, 2.75) is 38.3 Å². The number of rotatable bonds is 6. The van der Waals surface area contributed by atoms with Crippen molar-refractivity contribution in [3.05, 3.63) is 46.7 Å². The summed E-state index contributed by atoms with van der Waals surface area (Å²) in [7, 11) is 0. The van der Waals surface area contributed by atoms with E-state index in [9.17, 15) is 9.18 Å². The van der Waals surface area contributed by atoms with Crippen molar-refractivity contribution in [2.75, 3.05) is 6.54 Å². The molecule has 0 spiro atoms. The van der Waals surface area contributed by atoms with Crippen molar-refractivity contribution in [1.82, 2.24) is 30.1 Å². The molecule has 3 heterocycles. The summed E-state index contributed by atoms with van der Waals surface area (Å²) in [4.78, 5) is 20.4. The summed E-state index contributed by atoms with van der Waals surface area (Å²) in [5, 5.41) is 15.3. The van der Waals surface area contributed by atoms with E-state index in [0.29, 0.717) is 30.8 Å². The molecule has 0 N–H and O–H groups in total. The highest BCUT2D eigenvalue weighted by Gasteiger charge is 2.31. The molecule has 3 aromatic rings. The van der Waals surface area contributed by atoms with Gasteiger partial charge in [-0.2, -0.15) is 4.80 Å². The molecule has 1 aliphatic heterocycles. The third kappa shape index (κ3) is 4.02. The van der Waals surface area contributed by atoms with Crippen LogP contribution in [0, 0.1) is 5.82 Å². The molecule has 1 unspecified atom stereocenters. The van der Waals surface area contributed by atoms with Crippen molar-refractivity contribution in [3.63, 3.8) is 0 Å². The summed E-state index contributed by atoms with van der Waals surface area (Å²) in [6, 6.07) is 6.08. The zero-order chi connectivity index (χ0) is 18.6. The Labute approximate surface area is 159 Å². The summed E-state index contributed by atoms with van der Waals surface area (Å²) in [6.45, 7) is 1.30. The van der Waals surface area contributed by atoms with Gasteiger partial charge in [0.05, 0.1) is 12.6 Å². The molecule has 4 rings (SSSR count). The first-order valence-corrected chi connectivity index (χ1v) is 9.81. The lowest BCUT2D eigenvalue weighted by atomic mass is 10.2. The Morgan fingerprint density at radius 1 is 1.30 bits per heavy atom. The molecule has 2 aromatic heterocycles. The number of tetrazole rings is 1. The van der Waals surface area contributed by atoms with Gasteiger partial charge in [-0.3, -0.25) is 4.79 Å². The van der Waals surface area contributed by atoms with Crippen LogP contribution >= 0.6 is 11.3 Å². The third-order valence-electron chi connectivity index (χ3n) is 4.61. The van der Waals surface area contributed by atoms with Gasteiger partial charge in [0.25, 0.3) is 0 Å². The van der Waals surface area contributed by atoms with Crippen LogP contribution in [0.3, 0.4) is 0 Å². The second-order valence-electron chi connectivity index (χ2n) is 6.43. The minimum atomic E-state index is -0.303. The minimum absolute atomic E-state index is 0.118. The Bertz CT molecular complexity index is 895. The number of aromatic nitrogens is 5. The molecule has 0 bridgehead atoms. The van der Waals surface area contributed by atoms with E-state index in [0.717, 1.165) is 24.4 Å². The average molecular weight is 386 g/mol. The summed E-state index contributed by atoms with van der Waals surface area (Å²) in [5.74, 6) is 0.291. The van der Waals surface area contributed by atoms with Crippen LogP contribution in [0.4, 0.5) is 4.39 Å². The van der Waals surface area contributed by atoms with Crippen LogP contribution in [-0.2, 0) is 11.3 Å². The number of amides is 1. The van der Waals surface area contributed by atoms with Gasteiger partial charge in [0.2, 0.25) is 11.7 Å². The summed E-state index contributed by atoms with van der Waals surface area (Å²) in [5.41, 5.74) is 0.710. The molecule has 27 heavy (non-hydrogen) atoms. The molecule has 1 atom stereocenters. The molecular weight excluding hydrogens is 367 g/mol. The molecule has 1 aliphatic rings. The van der Waals surface area contributed by atoms with Crippen LogP contribution in [0.25, 0.3) is 11.4 Å². The molecule has 1 saturated heterocycles. The Morgan fingerprint density at radius 2 is 2.15 bits per heavy atom. The number of hydrogen-bond acceptors (Lipinski definition) is 6. The highest BCUT2D eigenvalue weighted by Crippen LogP contribution is 2.33. The van der Waals surface area contributed by atoms with Gasteiger partial charge >= 0.3 is 0 Å². The predicted molar refractivity (Wildman–Crippen MR) is 98.2 cm³/mol. The van der Waals surface area contributed by atoms with Crippen molar-refractivity contribution in [1.29, 1.82) is 0 Å². The number of aryl methyl sites for hydroxylation is 1. The first-order valence-electron chi connectivity index (χ1n) is 8.93. The number of nitrogens with zero attached hydrogens (tertiary/aromatic N) is 6. The van der Waals surface area contributed by atoms with Gasteiger partial charge in [-0.05, 0) is 48.7 Å². The smallest absolute Gasteiger partial charge is 0.223 e. The highest BCUT2D eigenvalue weighted by atomic mass is 32.1. The summed E-state index contributed by atoms with van der Waals surface area (Å²) >= 11 is 1.60. The number of thiazole rings is 1. The second kappa shape index (κ2) is 7.91. The van der Waals surface area contributed by atoms with E-state index in [4.69, 9.17) is 0 Å². The minimum Gasteiger partial charge on any atom is -0.333 e. The molecule has 1 fully saturated rings. The van der Waals surface area contributed by atoms with Gasteiger partial charge in [-0.15, -0.1) is 21.5 Å². The fourth-order valence-corrected chi connectivity index (χ4v) is 4.07. The van der Waals surface area contributed by atoms with Crippen LogP contribution in [0.15, 0.2) is 35.8 Å². The quantitative estimate of drug-likeness (QED) is 0.651. The van der Waals surface area contributed by atoms with Crippen LogP contribution in [-0.4, -0.2) is 42.5 Å². The maximum absolute atomic E-state index is 13.0. The second-order valence-corrected chi connectivity index (χ2v) is 7.36. The van der Waals surface area contributed by atoms with Gasteiger partial charge in [0, 0.05) is 30.1 Å². The van der Waals surface area contributed by atoms with Crippen LogP contribution in [0.2, 0.25) is 0 Å². The van der Waals surface area contributed by atoms with Crippen LogP contribution < -0.4 is 0 Å². The van der Waals surface area contributed by atoms with E-state index in [1.54, 1.807) is 29.7 Å². The Hall–Kier alpha value is -2.68. The maximum atomic E-state index is 13.0. The van der Waals surface area contributed by atoms with E-state index in [1.807, 2.05) is 10.3 Å². The first-order chi connectivity index (χ1) is 13.2. The largest absolute Gasteiger partial charge is 0.333 e. The monoisotopic (exact) mass is 386 g/mol. The Morgan fingerprint density at radius 3 is 2.93 bits per heavy atom. The highest BCUT2D eigenvalue weighted by molar-refractivity contribution is 7.09. The fourth-order valence-electron chi connectivity index (χ4n) is 3.29. The topological polar surface area (TPSA) is 76.8 Å². The third-order valence-corrected chi connectivity index (χ3v) is 5.49. The maximum Gasteiger partial charge on any atom is 0.223 e. The predicted octanol–water partition coefficient (Wildman–Crippen LogP) is 3.08. The van der Waals surface area contributed by atoms with Gasteiger partial charge < -0.3 is 4.90 Å². The van der Waals surface area contributed by atoms with Gasteiger partial charge in [-0.1, -0.05) is 0 Å². The van der Waals surface area contributed by atoms with Gasteiger partial charge in [-0.25, -0.2) is 9.37 Å². The molecule has 1 aromatic carbocycles. The number of likely N-dealkylation sites (tertiary alicyclic amines) is 1. The molecule has 0 aliphatic carbocycles. The molecule has 0 saturated carbocycles. The van der Waals surface area contributed by atoms with Crippen molar-refractivity contribution >= 4 is 17.2 Å². The lowest BCUT2D eigenvalue weighted by Crippen LogP contribution is -2.30. The number of carbonyl (C=O) groups is 1.